The third kappa shape index (κ3) is 1.44. The molecule has 78 valence electrons. The summed E-state index contributed by atoms with van der Waals surface area (Å²) in [7, 11) is 1.88. The monoisotopic (exact) mass is 202 g/mol. The molecular formula is C12H14N2O. The molecule has 2 aromatic rings. The Morgan fingerprint density at radius 3 is 2.60 bits per heavy atom. The van der Waals surface area contributed by atoms with Gasteiger partial charge in [0, 0.05) is 14.0 Å². The highest BCUT2D eigenvalue weighted by Gasteiger charge is 2.12. The molecule has 0 atom stereocenters. The first-order valence-electron chi connectivity index (χ1n) is 4.95. The van der Waals surface area contributed by atoms with E-state index < -0.39 is 0 Å². The fourth-order valence-corrected chi connectivity index (χ4v) is 2.07. The predicted octanol–water partition coefficient (Wildman–Crippen LogP) is 2.39. The van der Waals surface area contributed by atoms with Gasteiger partial charge in [-0.05, 0) is 31.0 Å². The first-order chi connectivity index (χ1) is 7.00. The standard InChI is InChI=1S/C12H14N2O/c1-7-5-8(2)11-10(6-7)13-12(9(3)15)14(11)4/h5-6H,1-4H3. The summed E-state index contributed by atoms with van der Waals surface area (Å²) in [6, 6.07) is 4.11. The lowest BCUT2D eigenvalue weighted by Gasteiger charge is -2.02. The number of Topliss-reactive ketones (excluding diaryl/α,β-unsaturated/α-hetero) is 1. The van der Waals surface area contributed by atoms with Crippen molar-refractivity contribution in [2.24, 2.45) is 7.05 Å². The lowest BCUT2D eigenvalue weighted by molar-refractivity contribution is 0.100. The Morgan fingerprint density at radius 1 is 1.33 bits per heavy atom. The maximum Gasteiger partial charge on any atom is 0.195 e. The minimum Gasteiger partial charge on any atom is -0.324 e. The second kappa shape index (κ2) is 3.19. The number of aryl methyl sites for hydroxylation is 3. The summed E-state index contributed by atoms with van der Waals surface area (Å²) in [6.07, 6.45) is 0. The molecule has 0 spiro atoms. The van der Waals surface area contributed by atoms with Crippen LogP contribution in [0.1, 0.15) is 28.7 Å². The van der Waals surface area contributed by atoms with Crippen LogP contribution < -0.4 is 0 Å². The molecule has 1 heterocycles. The third-order valence-corrected chi connectivity index (χ3v) is 2.62. The molecule has 3 heteroatoms. The number of carbonyl (C=O) groups is 1. The first-order valence-corrected chi connectivity index (χ1v) is 4.95. The lowest BCUT2D eigenvalue weighted by atomic mass is 10.1. The minimum absolute atomic E-state index is 0.00533. The Morgan fingerprint density at radius 2 is 2.00 bits per heavy atom. The van der Waals surface area contributed by atoms with Crippen LogP contribution in [0.15, 0.2) is 12.1 Å². The quantitative estimate of drug-likeness (QED) is 0.665. The molecule has 0 fully saturated rings. The number of rotatable bonds is 1. The summed E-state index contributed by atoms with van der Waals surface area (Å²) in [5.41, 5.74) is 4.28. The molecule has 1 aromatic carbocycles. The molecule has 0 aliphatic carbocycles. The van der Waals surface area contributed by atoms with Crippen molar-refractivity contribution in [3.05, 3.63) is 29.1 Å². The van der Waals surface area contributed by atoms with Gasteiger partial charge in [-0.3, -0.25) is 4.79 Å². The normalized spacial score (nSPS) is 10.9. The van der Waals surface area contributed by atoms with E-state index in [0.717, 1.165) is 16.6 Å². The van der Waals surface area contributed by atoms with Gasteiger partial charge in [-0.25, -0.2) is 4.98 Å². The van der Waals surface area contributed by atoms with Crippen LogP contribution in [0.25, 0.3) is 11.0 Å². The van der Waals surface area contributed by atoms with E-state index in [2.05, 4.69) is 11.1 Å². The molecule has 0 N–H and O–H groups in total. The molecule has 0 aliphatic rings. The van der Waals surface area contributed by atoms with Crippen LogP contribution in [-0.2, 0) is 7.05 Å². The second-order valence-electron chi connectivity index (χ2n) is 4.00. The molecule has 15 heavy (non-hydrogen) atoms. The summed E-state index contributed by atoms with van der Waals surface area (Å²) in [5.74, 6) is 0.532. The number of nitrogens with zero attached hydrogens (tertiary/aromatic N) is 2. The highest BCUT2D eigenvalue weighted by atomic mass is 16.1. The average Bonchev–Trinajstić information content (AvgIpc) is 2.42. The van der Waals surface area contributed by atoms with Gasteiger partial charge in [-0.2, -0.15) is 0 Å². The van der Waals surface area contributed by atoms with Crippen molar-refractivity contribution < 1.29 is 4.79 Å². The second-order valence-corrected chi connectivity index (χ2v) is 4.00. The van der Waals surface area contributed by atoms with Crippen LogP contribution in [0.4, 0.5) is 0 Å². The van der Waals surface area contributed by atoms with E-state index in [-0.39, 0.29) is 5.78 Å². The Bertz CT molecular complexity index is 552. The fraction of sp³-hybridized carbons (Fsp3) is 0.333. The summed E-state index contributed by atoms with van der Waals surface area (Å²) in [4.78, 5) is 15.7. The molecule has 0 unspecified atom stereocenters. The molecule has 1 aromatic heterocycles. The molecule has 0 saturated carbocycles. The van der Waals surface area contributed by atoms with E-state index >= 15 is 0 Å². The van der Waals surface area contributed by atoms with Crippen LogP contribution in [0.5, 0.6) is 0 Å². The van der Waals surface area contributed by atoms with E-state index in [4.69, 9.17) is 0 Å². The minimum atomic E-state index is 0.00533. The van der Waals surface area contributed by atoms with Crippen LogP contribution in [0, 0.1) is 13.8 Å². The molecular weight excluding hydrogens is 188 g/mol. The van der Waals surface area contributed by atoms with Gasteiger partial charge >= 0.3 is 0 Å². The van der Waals surface area contributed by atoms with Crippen molar-refractivity contribution in [3.63, 3.8) is 0 Å². The van der Waals surface area contributed by atoms with Gasteiger partial charge in [0.2, 0.25) is 0 Å². The number of ketones is 1. The zero-order valence-electron chi connectivity index (χ0n) is 9.46. The van der Waals surface area contributed by atoms with Crippen molar-refractivity contribution >= 4 is 16.8 Å². The maximum atomic E-state index is 11.3. The van der Waals surface area contributed by atoms with Crippen molar-refractivity contribution in [2.75, 3.05) is 0 Å². The topological polar surface area (TPSA) is 34.9 Å². The summed E-state index contributed by atoms with van der Waals surface area (Å²) in [5, 5.41) is 0. The fourth-order valence-electron chi connectivity index (χ4n) is 2.07. The molecule has 0 saturated heterocycles. The van der Waals surface area contributed by atoms with Crippen molar-refractivity contribution in [2.45, 2.75) is 20.8 Å². The van der Waals surface area contributed by atoms with Gasteiger partial charge in [0.15, 0.2) is 11.6 Å². The Hall–Kier alpha value is -1.64. The Labute approximate surface area is 88.7 Å². The number of hydrogen-bond donors (Lipinski definition) is 0. The number of carbonyl (C=O) groups excluding carboxylic acids is 1. The van der Waals surface area contributed by atoms with Crippen molar-refractivity contribution in [3.8, 4) is 0 Å². The molecule has 0 amide bonds. The lowest BCUT2D eigenvalue weighted by Crippen LogP contribution is -2.03. The molecule has 0 aliphatic heterocycles. The van der Waals surface area contributed by atoms with E-state index in [9.17, 15) is 4.79 Å². The van der Waals surface area contributed by atoms with Crippen LogP contribution in [0.3, 0.4) is 0 Å². The molecule has 2 rings (SSSR count). The Balaban J connectivity index is 2.88. The molecule has 0 radical (unpaired) electrons. The summed E-state index contributed by atoms with van der Waals surface area (Å²) < 4.78 is 1.87. The van der Waals surface area contributed by atoms with Gasteiger partial charge in [0.25, 0.3) is 0 Å². The zero-order chi connectivity index (χ0) is 11.2. The molecule has 0 bridgehead atoms. The van der Waals surface area contributed by atoms with Crippen LogP contribution >= 0.6 is 0 Å². The average molecular weight is 202 g/mol. The largest absolute Gasteiger partial charge is 0.324 e. The zero-order valence-corrected chi connectivity index (χ0v) is 9.46. The number of aromatic nitrogens is 2. The summed E-state index contributed by atoms with van der Waals surface area (Å²) in [6.45, 7) is 5.62. The predicted molar refractivity (Wildman–Crippen MR) is 60.2 cm³/mol. The number of hydrogen-bond acceptors (Lipinski definition) is 2. The summed E-state index contributed by atoms with van der Waals surface area (Å²) >= 11 is 0. The van der Waals surface area contributed by atoms with Gasteiger partial charge < -0.3 is 4.57 Å². The SMILES string of the molecule is CC(=O)c1nc2cc(C)cc(C)c2n1C. The van der Waals surface area contributed by atoms with Gasteiger partial charge in [0.1, 0.15) is 0 Å². The number of fused-ring (bicyclic) bond motifs is 1. The van der Waals surface area contributed by atoms with Gasteiger partial charge in [-0.1, -0.05) is 6.07 Å². The molecule has 3 nitrogen and oxygen atoms in total. The number of imidazole rings is 1. The highest BCUT2D eigenvalue weighted by molar-refractivity contribution is 5.95. The Kier molecular flexibility index (Phi) is 2.11. The first kappa shape index (κ1) is 9.90. The third-order valence-electron chi connectivity index (χ3n) is 2.62. The van der Waals surface area contributed by atoms with E-state index in [0.29, 0.717) is 5.82 Å². The maximum absolute atomic E-state index is 11.3. The van der Waals surface area contributed by atoms with Gasteiger partial charge in [0.05, 0.1) is 11.0 Å². The highest BCUT2D eigenvalue weighted by Crippen LogP contribution is 2.21. The smallest absolute Gasteiger partial charge is 0.195 e. The van der Waals surface area contributed by atoms with E-state index in [1.165, 1.54) is 5.56 Å². The van der Waals surface area contributed by atoms with Crippen molar-refractivity contribution in [1.82, 2.24) is 9.55 Å². The van der Waals surface area contributed by atoms with E-state index in [1.54, 1.807) is 6.92 Å². The van der Waals surface area contributed by atoms with Crippen molar-refractivity contribution in [1.29, 1.82) is 0 Å². The number of benzene rings is 1. The van der Waals surface area contributed by atoms with E-state index in [1.807, 2.05) is 31.5 Å². The van der Waals surface area contributed by atoms with Gasteiger partial charge in [-0.15, -0.1) is 0 Å². The van der Waals surface area contributed by atoms with Crippen LogP contribution in [0.2, 0.25) is 0 Å². The van der Waals surface area contributed by atoms with Crippen LogP contribution in [-0.4, -0.2) is 15.3 Å².